The van der Waals surface area contributed by atoms with Crippen LogP contribution in [0.1, 0.15) is 44.1 Å². The molecule has 2 aliphatic heterocycles. The Kier molecular flexibility index (Phi) is 9.92. The number of nitrogens with zero attached hydrogens (tertiary/aromatic N) is 3. The number of methoxy groups -OCH3 is 1. The molecule has 45 heavy (non-hydrogen) atoms. The Morgan fingerprint density at radius 3 is 2.58 bits per heavy atom. The quantitative estimate of drug-likeness (QED) is 0.370. The van der Waals surface area contributed by atoms with Crippen molar-refractivity contribution in [3.63, 3.8) is 0 Å². The molecule has 11 nitrogen and oxygen atoms in total. The summed E-state index contributed by atoms with van der Waals surface area (Å²) in [6.07, 6.45) is 6.81. The van der Waals surface area contributed by atoms with Crippen LogP contribution < -0.4 is 19.7 Å². The molecule has 12 heteroatoms. The Morgan fingerprint density at radius 2 is 1.84 bits per heavy atom. The van der Waals surface area contributed by atoms with E-state index in [2.05, 4.69) is 5.32 Å². The van der Waals surface area contributed by atoms with Crippen molar-refractivity contribution in [2.24, 2.45) is 0 Å². The van der Waals surface area contributed by atoms with Gasteiger partial charge in [-0.1, -0.05) is 12.2 Å². The molecule has 0 radical (unpaired) electrons. The van der Waals surface area contributed by atoms with Crippen LogP contribution in [0.15, 0.2) is 48.6 Å². The van der Waals surface area contributed by atoms with E-state index in [4.69, 9.17) is 19.4 Å². The number of carbonyl (C=O) groups is 3. The highest BCUT2D eigenvalue weighted by atomic mass is 19.1. The number of quaternary nitrogens is 1. The van der Waals surface area contributed by atoms with E-state index in [-0.39, 0.29) is 37.1 Å². The fourth-order valence-corrected chi connectivity index (χ4v) is 5.94. The molecule has 1 fully saturated rings. The summed E-state index contributed by atoms with van der Waals surface area (Å²) in [5.74, 6) is -0.815. The molecule has 3 heterocycles. The number of rotatable bonds is 5. The first-order valence-electron chi connectivity index (χ1n) is 15.2. The average molecular weight is 621 g/mol. The number of carboxylic acid groups (broad SMARTS) is 1. The predicted molar refractivity (Wildman–Crippen MR) is 165 cm³/mol. The van der Waals surface area contributed by atoms with Gasteiger partial charge in [0.05, 0.1) is 24.4 Å². The number of aliphatic carboxylic acids is 1. The minimum Gasteiger partial charge on any atom is -0.496 e. The molecule has 3 aromatic rings. The average Bonchev–Trinajstić information content (AvgIpc) is 3.45. The third-order valence-corrected chi connectivity index (χ3v) is 8.46. The zero-order valence-corrected chi connectivity index (χ0v) is 25.7. The number of carbonyl (C=O) groups excluding carboxylic acids is 2. The number of ether oxygens (including phenoxy) is 2. The lowest BCUT2D eigenvalue weighted by atomic mass is 10.1. The lowest BCUT2D eigenvalue weighted by Gasteiger charge is -2.24. The van der Waals surface area contributed by atoms with Crippen LogP contribution in [0, 0.1) is 12.7 Å². The first-order chi connectivity index (χ1) is 21.7. The van der Waals surface area contributed by atoms with Gasteiger partial charge in [-0.05, 0) is 75.4 Å². The molecular weight excluding hydrogens is 581 g/mol. The number of benzene rings is 2. The van der Waals surface area contributed by atoms with E-state index >= 15 is 0 Å². The first kappa shape index (κ1) is 31.8. The molecule has 2 aromatic carbocycles. The molecule has 0 saturated carbocycles. The second-order valence-corrected chi connectivity index (χ2v) is 11.6. The van der Waals surface area contributed by atoms with Crippen molar-refractivity contribution in [1.82, 2.24) is 20.2 Å². The van der Waals surface area contributed by atoms with Crippen molar-refractivity contribution >= 4 is 28.8 Å². The Hall–Kier alpha value is -4.58. The van der Waals surface area contributed by atoms with Gasteiger partial charge in [-0.15, -0.1) is 0 Å². The van der Waals surface area contributed by atoms with Gasteiger partial charge in [0.15, 0.2) is 18.0 Å². The number of allylic oxidation sites excluding steroid dienone is 2. The van der Waals surface area contributed by atoms with Gasteiger partial charge in [0, 0.05) is 24.7 Å². The maximum Gasteiger partial charge on any atom is 0.417 e. The number of nitrogens with one attached hydrogen (secondary N) is 2. The van der Waals surface area contributed by atoms with Crippen molar-refractivity contribution in [3.8, 4) is 23.0 Å². The lowest BCUT2D eigenvalue weighted by molar-refractivity contribution is -0.823. The van der Waals surface area contributed by atoms with Crippen molar-refractivity contribution < 1.29 is 38.3 Å². The highest BCUT2D eigenvalue weighted by Gasteiger charge is 2.48. The van der Waals surface area contributed by atoms with Crippen LogP contribution in [0.5, 0.6) is 11.6 Å². The summed E-state index contributed by atoms with van der Waals surface area (Å²) < 4.78 is 25.7. The first-order valence-corrected chi connectivity index (χ1v) is 15.2. The maximum atomic E-state index is 13.7. The molecule has 2 aliphatic rings. The summed E-state index contributed by atoms with van der Waals surface area (Å²) in [5.41, 5.74) is 1.94. The molecule has 238 valence electrons. The van der Waals surface area contributed by atoms with Crippen LogP contribution in [0.3, 0.4) is 0 Å². The zero-order chi connectivity index (χ0) is 32.1. The Morgan fingerprint density at radius 1 is 1.09 bits per heavy atom. The molecule has 4 unspecified atom stereocenters. The van der Waals surface area contributed by atoms with E-state index in [1.54, 1.807) is 43.3 Å². The van der Waals surface area contributed by atoms with E-state index in [0.717, 1.165) is 24.8 Å². The topological polar surface area (TPSA) is 135 Å². The van der Waals surface area contributed by atoms with Crippen LogP contribution in [0.25, 0.3) is 22.3 Å². The number of aromatic nitrogens is 2. The fraction of sp³-hybridized carbons (Fsp3) is 0.424. The number of aryl methyl sites for hydroxylation is 1. The van der Waals surface area contributed by atoms with E-state index in [0.29, 0.717) is 45.9 Å². The van der Waals surface area contributed by atoms with Gasteiger partial charge in [-0.3, -0.25) is 9.69 Å². The molecule has 5 rings (SSSR count). The normalized spacial score (nSPS) is 23.2. The summed E-state index contributed by atoms with van der Waals surface area (Å²) in [6.45, 7) is 2.58. The van der Waals surface area contributed by atoms with E-state index in [9.17, 15) is 23.9 Å². The number of amides is 3. The van der Waals surface area contributed by atoms with Crippen molar-refractivity contribution in [1.29, 1.82) is 0 Å². The minimum atomic E-state index is -1.12. The molecule has 0 aliphatic carbocycles. The predicted octanol–water partition coefficient (Wildman–Crippen LogP) is 3.30. The monoisotopic (exact) mass is 620 g/mol. The second kappa shape index (κ2) is 14.0. The third kappa shape index (κ3) is 7.22. The molecule has 1 aromatic heterocycles. The van der Waals surface area contributed by atoms with Gasteiger partial charge >= 0.3 is 12.0 Å². The SMILES string of the molecule is COc1ccc2c(OC3CC4C(=O)NC(C(=O)O)CCC=CCCCCN(C)C(=O)[NH+]4C3)nc(-c3ccc(F)cc3)nc2c1C. The Labute approximate surface area is 261 Å². The van der Waals surface area contributed by atoms with Gasteiger partial charge in [0.1, 0.15) is 24.2 Å². The summed E-state index contributed by atoms with van der Waals surface area (Å²) in [5, 5.41) is 13.1. The highest BCUT2D eigenvalue weighted by Crippen LogP contribution is 2.33. The number of urea groups is 1. The van der Waals surface area contributed by atoms with Crippen LogP contribution >= 0.6 is 0 Å². The summed E-state index contributed by atoms with van der Waals surface area (Å²) in [4.78, 5) is 50.7. The van der Waals surface area contributed by atoms with Gasteiger partial charge in [0.2, 0.25) is 5.88 Å². The van der Waals surface area contributed by atoms with Crippen molar-refractivity contribution in [2.75, 3.05) is 27.2 Å². The number of fused-ring (bicyclic) bond motifs is 2. The van der Waals surface area contributed by atoms with Crippen molar-refractivity contribution in [3.05, 3.63) is 59.9 Å². The molecule has 1 saturated heterocycles. The van der Waals surface area contributed by atoms with Gasteiger partial charge in [0.25, 0.3) is 5.91 Å². The highest BCUT2D eigenvalue weighted by molar-refractivity contribution is 5.90. The van der Waals surface area contributed by atoms with Crippen LogP contribution in [0.2, 0.25) is 0 Å². The molecule has 3 amide bonds. The second-order valence-electron chi connectivity index (χ2n) is 11.6. The Balaban J connectivity index is 1.49. The van der Waals surface area contributed by atoms with Crippen LogP contribution in [0.4, 0.5) is 9.18 Å². The summed E-state index contributed by atoms with van der Waals surface area (Å²) in [6, 6.07) is 7.22. The molecule has 4 atom stereocenters. The fourth-order valence-electron chi connectivity index (χ4n) is 5.94. The summed E-state index contributed by atoms with van der Waals surface area (Å²) in [7, 11) is 3.29. The third-order valence-electron chi connectivity index (χ3n) is 8.46. The standard InChI is InChI=1S/C33H38FN5O6/c1-20-27(44-3)16-15-24-28(20)36-29(21-11-13-22(34)14-12-21)37-31(24)45-23-18-26-30(40)35-25(32(41)42)10-8-6-4-5-7-9-17-38(2)33(43)39(26)19-23/h4,6,11-16,23,25-26H,5,7-10,17-19H2,1-3H3,(H,35,40)(H,41,42)/p+1. The zero-order valence-electron chi connectivity index (χ0n) is 25.7. The van der Waals surface area contributed by atoms with Crippen LogP contribution in [-0.4, -0.2) is 83.3 Å². The van der Waals surface area contributed by atoms with E-state index in [1.165, 1.54) is 12.1 Å². The van der Waals surface area contributed by atoms with Gasteiger partial charge in [-0.2, -0.15) is 4.98 Å². The van der Waals surface area contributed by atoms with E-state index in [1.807, 2.05) is 19.1 Å². The van der Waals surface area contributed by atoms with E-state index < -0.39 is 30.1 Å². The largest absolute Gasteiger partial charge is 0.496 e. The van der Waals surface area contributed by atoms with Crippen molar-refractivity contribution in [2.45, 2.75) is 63.6 Å². The molecule has 3 N–H and O–H groups in total. The Bertz CT molecular complexity index is 1600. The summed E-state index contributed by atoms with van der Waals surface area (Å²) >= 11 is 0. The number of halogens is 1. The van der Waals surface area contributed by atoms with Crippen LogP contribution in [-0.2, 0) is 9.59 Å². The number of hydrogen-bond acceptors (Lipinski definition) is 7. The molecule has 0 bridgehead atoms. The number of hydrogen-bond donors (Lipinski definition) is 3. The number of carboxylic acids is 1. The lowest BCUT2D eigenvalue weighted by Crippen LogP contribution is -3.19. The molecular formula is C33H39FN5O6+. The van der Waals surface area contributed by atoms with Gasteiger partial charge in [-0.25, -0.2) is 23.9 Å². The minimum absolute atomic E-state index is 0.166. The smallest absolute Gasteiger partial charge is 0.417 e. The molecule has 0 spiro atoms. The maximum absolute atomic E-state index is 13.7. The van der Waals surface area contributed by atoms with Gasteiger partial charge < -0.3 is 19.9 Å².